The average molecular weight is 434 g/mol. The number of hydrogen-bond acceptors (Lipinski definition) is 3. The van der Waals surface area contributed by atoms with E-state index in [2.05, 4.69) is 0 Å². The van der Waals surface area contributed by atoms with Crippen molar-refractivity contribution in [2.24, 2.45) is 0 Å². The molecule has 0 aromatic heterocycles. The molecule has 0 spiro atoms. The van der Waals surface area contributed by atoms with E-state index in [4.69, 9.17) is 34.8 Å². The van der Waals surface area contributed by atoms with Crippen LogP contribution >= 0.6 is 34.8 Å². The van der Waals surface area contributed by atoms with Crippen molar-refractivity contribution < 1.29 is 13.2 Å². The van der Waals surface area contributed by atoms with Gasteiger partial charge in [0.25, 0.3) is 0 Å². The van der Waals surface area contributed by atoms with Crippen molar-refractivity contribution in [3.8, 4) is 0 Å². The van der Waals surface area contributed by atoms with Gasteiger partial charge >= 0.3 is 0 Å². The maximum absolute atomic E-state index is 12.8. The summed E-state index contributed by atoms with van der Waals surface area (Å²) in [7, 11) is -3.77. The van der Waals surface area contributed by atoms with Gasteiger partial charge in [0.1, 0.15) is 6.54 Å². The second kappa shape index (κ2) is 7.27. The standard InChI is InChI=1S/C17H15Cl3N2O3S/c1-26(24,25)22(16-9-13(19)12(18)8-14(16)20)10-17(23)21-7-6-11-4-2-3-5-15(11)21/h2-5,8-9H,6-7,10H2,1H3. The molecule has 0 fully saturated rings. The molecule has 26 heavy (non-hydrogen) atoms. The molecule has 1 aliphatic rings. The van der Waals surface area contributed by atoms with E-state index in [-0.39, 0.29) is 33.2 Å². The van der Waals surface area contributed by atoms with Crippen LogP contribution in [0.1, 0.15) is 5.56 Å². The van der Waals surface area contributed by atoms with Crippen molar-refractivity contribution in [3.05, 3.63) is 57.0 Å². The van der Waals surface area contributed by atoms with Crippen molar-refractivity contribution in [1.29, 1.82) is 0 Å². The molecular weight excluding hydrogens is 419 g/mol. The quantitative estimate of drug-likeness (QED) is 0.685. The van der Waals surface area contributed by atoms with Crippen LogP contribution in [-0.2, 0) is 21.2 Å². The lowest BCUT2D eigenvalue weighted by Gasteiger charge is -2.26. The Kier molecular flexibility index (Phi) is 5.40. The van der Waals surface area contributed by atoms with Crippen molar-refractivity contribution >= 4 is 62.1 Å². The molecule has 0 radical (unpaired) electrons. The van der Waals surface area contributed by atoms with E-state index in [0.29, 0.717) is 6.54 Å². The number of nitrogens with zero attached hydrogens (tertiary/aromatic N) is 2. The first-order valence-corrected chi connectivity index (χ1v) is 10.7. The summed E-state index contributed by atoms with van der Waals surface area (Å²) in [4.78, 5) is 14.4. The van der Waals surface area contributed by atoms with Gasteiger partial charge in [-0.2, -0.15) is 0 Å². The minimum Gasteiger partial charge on any atom is -0.310 e. The predicted octanol–water partition coefficient (Wildman–Crippen LogP) is 4.00. The molecule has 9 heteroatoms. The van der Waals surface area contributed by atoms with E-state index in [1.54, 1.807) is 4.90 Å². The van der Waals surface area contributed by atoms with Gasteiger partial charge in [-0.3, -0.25) is 9.10 Å². The first-order chi connectivity index (χ1) is 12.2. The molecule has 5 nitrogen and oxygen atoms in total. The van der Waals surface area contributed by atoms with Crippen LogP contribution in [0.5, 0.6) is 0 Å². The number of para-hydroxylation sites is 1. The van der Waals surface area contributed by atoms with Gasteiger partial charge in [-0.15, -0.1) is 0 Å². The molecule has 2 aromatic carbocycles. The highest BCUT2D eigenvalue weighted by molar-refractivity contribution is 7.92. The van der Waals surface area contributed by atoms with Crippen LogP contribution in [0.3, 0.4) is 0 Å². The number of sulfonamides is 1. The third-order valence-corrected chi connectivity index (χ3v) is 6.28. The van der Waals surface area contributed by atoms with Gasteiger partial charge in [-0.05, 0) is 30.2 Å². The lowest BCUT2D eigenvalue weighted by molar-refractivity contribution is -0.117. The number of amides is 1. The molecule has 0 N–H and O–H groups in total. The Bertz CT molecular complexity index is 979. The van der Waals surface area contributed by atoms with Crippen LogP contribution in [0.25, 0.3) is 0 Å². The van der Waals surface area contributed by atoms with E-state index in [0.717, 1.165) is 28.2 Å². The molecular formula is C17H15Cl3N2O3S. The lowest BCUT2D eigenvalue weighted by atomic mass is 10.2. The second-order valence-electron chi connectivity index (χ2n) is 5.91. The minimum absolute atomic E-state index is 0.0967. The summed E-state index contributed by atoms with van der Waals surface area (Å²) in [6.07, 6.45) is 1.74. The zero-order chi connectivity index (χ0) is 19.1. The molecule has 1 aliphatic heterocycles. The van der Waals surface area contributed by atoms with Crippen molar-refractivity contribution in [1.82, 2.24) is 0 Å². The van der Waals surface area contributed by atoms with Crippen LogP contribution in [0.15, 0.2) is 36.4 Å². The fourth-order valence-electron chi connectivity index (χ4n) is 2.89. The second-order valence-corrected chi connectivity index (χ2v) is 9.04. The predicted molar refractivity (Wildman–Crippen MR) is 106 cm³/mol. The third-order valence-electron chi connectivity index (χ3n) is 4.13. The highest BCUT2D eigenvalue weighted by atomic mass is 35.5. The number of fused-ring (bicyclic) bond motifs is 1. The van der Waals surface area contributed by atoms with E-state index in [1.807, 2.05) is 24.3 Å². The van der Waals surface area contributed by atoms with Crippen molar-refractivity contribution in [3.63, 3.8) is 0 Å². The Morgan fingerprint density at radius 1 is 1.12 bits per heavy atom. The molecule has 0 saturated carbocycles. The van der Waals surface area contributed by atoms with E-state index >= 15 is 0 Å². The number of benzene rings is 2. The van der Waals surface area contributed by atoms with E-state index in [9.17, 15) is 13.2 Å². The fourth-order valence-corrected chi connectivity index (χ4v) is 4.44. The largest absolute Gasteiger partial charge is 0.310 e. The number of carbonyl (C=O) groups excluding carboxylic acids is 1. The Labute approximate surface area is 167 Å². The number of rotatable bonds is 4. The number of hydrogen-bond donors (Lipinski definition) is 0. The number of halogens is 3. The summed E-state index contributed by atoms with van der Waals surface area (Å²) < 4.78 is 25.5. The zero-order valence-corrected chi connectivity index (χ0v) is 16.8. The summed E-state index contributed by atoms with van der Waals surface area (Å²) in [6, 6.07) is 10.2. The van der Waals surface area contributed by atoms with Gasteiger partial charge in [-0.1, -0.05) is 53.0 Å². The molecule has 1 amide bonds. The molecule has 0 bridgehead atoms. The third kappa shape index (κ3) is 3.78. The normalized spacial score (nSPS) is 13.6. The summed E-state index contributed by atoms with van der Waals surface area (Å²) in [5.41, 5.74) is 1.97. The number of anilines is 2. The highest BCUT2D eigenvalue weighted by Crippen LogP contribution is 2.36. The first kappa shape index (κ1) is 19.3. The molecule has 0 unspecified atom stereocenters. The number of carbonyl (C=O) groups is 1. The molecule has 2 aromatic rings. The van der Waals surface area contributed by atoms with Gasteiger partial charge in [-0.25, -0.2) is 8.42 Å². The SMILES string of the molecule is CS(=O)(=O)N(CC(=O)N1CCc2ccccc21)c1cc(Cl)c(Cl)cc1Cl. The maximum Gasteiger partial charge on any atom is 0.247 e. The fraction of sp³-hybridized carbons (Fsp3) is 0.235. The Hall–Kier alpha value is -1.47. The zero-order valence-electron chi connectivity index (χ0n) is 13.7. The van der Waals surface area contributed by atoms with Crippen LogP contribution in [0.4, 0.5) is 11.4 Å². The molecule has 0 aliphatic carbocycles. The smallest absolute Gasteiger partial charge is 0.247 e. The molecule has 3 rings (SSSR count). The maximum atomic E-state index is 12.8. The minimum atomic E-state index is -3.77. The lowest BCUT2D eigenvalue weighted by Crippen LogP contribution is -2.42. The van der Waals surface area contributed by atoms with Gasteiger partial charge in [0.2, 0.25) is 15.9 Å². The first-order valence-electron chi connectivity index (χ1n) is 7.69. The van der Waals surface area contributed by atoms with Gasteiger partial charge < -0.3 is 4.90 Å². The Morgan fingerprint density at radius 3 is 2.46 bits per heavy atom. The summed E-state index contributed by atoms with van der Waals surface area (Å²) in [5.74, 6) is -0.345. The highest BCUT2D eigenvalue weighted by Gasteiger charge is 2.29. The summed E-state index contributed by atoms with van der Waals surface area (Å²) >= 11 is 18.1. The van der Waals surface area contributed by atoms with Crippen LogP contribution in [-0.4, -0.2) is 33.7 Å². The summed E-state index contributed by atoms with van der Waals surface area (Å²) in [5, 5.41) is 0.451. The molecule has 0 saturated heterocycles. The summed E-state index contributed by atoms with van der Waals surface area (Å²) in [6.45, 7) is 0.121. The molecule has 1 heterocycles. The van der Waals surface area contributed by atoms with Gasteiger partial charge in [0.05, 0.1) is 27.0 Å². The van der Waals surface area contributed by atoms with E-state index < -0.39 is 10.0 Å². The molecule has 0 atom stereocenters. The van der Waals surface area contributed by atoms with Crippen LogP contribution < -0.4 is 9.21 Å². The van der Waals surface area contributed by atoms with Crippen LogP contribution in [0, 0.1) is 0 Å². The average Bonchev–Trinajstić information content (AvgIpc) is 2.99. The van der Waals surface area contributed by atoms with Gasteiger partial charge in [0.15, 0.2) is 0 Å². The van der Waals surface area contributed by atoms with Crippen LogP contribution in [0.2, 0.25) is 15.1 Å². The van der Waals surface area contributed by atoms with Gasteiger partial charge in [0, 0.05) is 12.2 Å². The van der Waals surface area contributed by atoms with Crippen molar-refractivity contribution in [2.75, 3.05) is 28.6 Å². The van der Waals surface area contributed by atoms with E-state index in [1.165, 1.54) is 12.1 Å². The Balaban J connectivity index is 1.94. The van der Waals surface area contributed by atoms with Crippen molar-refractivity contribution in [2.45, 2.75) is 6.42 Å². The topological polar surface area (TPSA) is 57.7 Å². The monoisotopic (exact) mass is 432 g/mol. The Morgan fingerprint density at radius 2 is 1.77 bits per heavy atom. The molecule has 138 valence electrons.